The van der Waals surface area contributed by atoms with E-state index in [2.05, 4.69) is 33.7 Å². The summed E-state index contributed by atoms with van der Waals surface area (Å²) in [6.07, 6.45) is 8.60. The van der Waals surface area contributed by atoms with Gasteiger partial charge in [0.05, 0.1) is 4.88 Å². The maximum Gasteiger partial charge on any atom is 0.261 e. The summed E-state index contributed by atoms with van der Waals surface area (Å²) in [5, 5.41) is 7.23. The lowest BCUT2D eigenvalue weighted by molar-refractivity contribution is -0.121. The second-order valence-electron chi connectivity index (χ2n) is 9.09. The summed E-state index contributed by atoms with van der Waals surface area (Å²) in [5.74, 6) is 1.20. The molecular weight excluding hydrogens is 406 g/mol. The molecule has 31 heavy (non-hydrogen) atoms. The van der Waals surface area contributed by atoms with Crippen LogP contribution in [0.3, 0.4) is 0 Å². The van der Waals surface area contributed by atoms with E-state index in [-0.39, 0.29) is 11.8 Å². The summed E-state index contributed by atoms with van der Waals surface area (Å²) in [6.45, 7) is 4.25. The third kappa shape index (κ3) is 5.47. The number of thiophene rings is 1. The molecule has 0 spiro atoms. The SMILES string of the molecule is CNC(=O)c1sc2ccccc2c1C1CCC(CNC(=O)CCCN2CCCC2)CC1. The van der Waals surface area contributed by atoms with Gasteiger partial charge in [0, 0.05) is 24.7 Å². The fraction of sp³-hybridized carbons (Fsp3) is 0.600. The molecule has 0 radical (unpaired) electrons. The standard InChI is InChI=1S/C25H35N3O2S/c1-26-25(30)24-23(20-7-2-3-8-21(20)31-24)19-12-10-18(11-13-19)17-27-22(29)9-6-16-28-14-4-5-15-28/h2-3,7-8,18-19H,4-6,9-17H2,1H3,(H,26,30)(H,27,29). The van der Waals surface area contributed by atoms with E-state index < -0.39 is 0 Å². The summed E-state index contributed by atoms with van der Waals surface area (Å²) in [5.41, 5.74) is 1.24. The third-order valence-corrected chi connectivity index (χ3v) is 8.17. The highest BCUT2D eigenvalue weighted by molar-refractivity contribution is 7.21. The number of carbonyl (C=O) groups excluding carboxylic acids is 2. The molecule has 1 aliphatic carbocycles. The van der Waals surface area contributed by atoms with Gasteiger partial charge in [0.15, 0.2) is 0 Å². The zero-order valence-corrected chi connectivity index (χ0v) is 19.4. The number of rotatable bonds is 8. The normalized spacial score (nSPS) is 22.0. The van der Waals surface area contributed by atoms with Crippen molar-refractivity contribution in [2.24, 2.45) is 5.92 Å². The first-order valence-corrected chi connectivity index (χ1v) is 12.7. The Morgan fingerprint density at radius 2 is 1.84 bits per heavy atom. The van der Waals surface area contributed by atoms with Crippen LogP contribution in [0.5, 0.6) is 0 Å². The van der Waals surface area contributed by atoms with E-state index in [0.717, 1.165) is 50.1 Å². The van der Waals surface area contributed by atoms with Gasteiger partial charge in [-0.2, -0.15) is 0 Å². The Balaban J connectivity index is 1.27. The van der Waals surface area contributed by atoms with Gasteiger partial charge in [-0.3, -0.25) is 9.59 Å². The van der Waals surface area contributed by atoms with Crippen LogP contribution in [0.2, 0.25) is 0 Å². The minimum absolute atomic E-state index is 0.0273. The maximum atomic E-state index is 12.5. The van der Waals surface area contributed by atoms with E-state index >= 15 is 0 Å². The minimum atomic E-state index is 0.0273. The van der Waals surface area contributed by atoms with Crippen molar-refractivity contribution in [1.29, 1.82) is 0 Å². The Morgan fingerprint density at radius 3 is 2.58 bits per heavy atom. The van der Waals surface area contributed by atoms with Gasteiger partial charge in [-0.25, -0.2) is 0 Å². The van der Waals surface area contributed by atoms with Gasteiger partial charge in [-0.15, -0.1) is 11.3 Å². The molecule has 5 nitrogen and oxygen atoms in total. The first-order chi connectivity index (χ1) is 15.2. The number of carbonyl (C=O) groups is 2. The molecular formula is C25H35N3O2S. The van der Waals surface area contributed by atoms with Gasteiger partial charge in [0.1, 0.15) is 0 Å². The fourth-order valence-corrected chi connectivity index (χ4v) is 6.46. The number of amides is 2. The van der Waals surface area contributed by atoms with Crippen LogP contribution in [-0.4, -0.2) is 49.9 Å². The number of likely N-dealkylation sites (tertiary alicyclic amines) is 1. The number of nitrogens with zero attached hydrogens (tertiary/aromatic N) is 1. The minimum Gasteiger partial charge on any atom is -0.356 e. The molecule has 168 valence electrons. The number of hydrogen-bond donors (Lipinski definition) is 2. The number of benzene rings is 1. The highest BCUT2D eigenvalue weighted by Crippen LogP contribution is 2.43. The molecule has 2 aliphatic rings. The van der Waals surface area contributed by atoms with E-state index in [0.29, 0.717) is 18.3 Å². The summed E-state index contributed by atoms with van der Waals surface area (Å²) < 4.78 is 1.19. The summed E-state index contributed by atoms with van der Waals surface area (Å²) in [4.78, 5) is 28.1. The number of hydrogen-bond acceptors (Lipinski definition) is 4. The van der Waals surface area contributed by atoms with Crippen LogP contribution in [0.25, 0.3) is 10.1 Å². The molecule has 2 fully saturated rings. The molecule has 2 heterocycles. The zero-order chi connectivity index (χ0) is 21.6. The number of fused-ring (bicyclic) bond motifs is 1. The predicted octanol–water partition coefficient (Wildman–Crippen LogP) is 4.53. The third-order valence-electron chi connectivity index (χ3n) is 6.99. The molecule has 0 bridgehead atoms. The summed E-state index contributed by atoms with van der Waals surface area (Å²) >= 11 is 1.61. The maximum absolute atomic E-state index is 12.5. The monoisotopic (exact) mass is 441 g/mol. The molecule has 0 unspecified atom stereocenters. The van der Waals surface area contributed by atoms with Crippen molar-refractivity contribution in [2.45, 2.75) is 57.3 Å². The Hall–Kier alpha value is -1.92. The van der Waals surface area contributed by atoms with E-state index in [1.165, 1.54) is 41.6 Å². The van der Waals surface area contributed by atoms with Gasteiger partial charge in [0.25, 0.3) is 5.91 Å². The van der Waals surface area contributed by atoms with Crippen molar-refractivity contribution in [1.82, 2.24) is 15.5 Å². The van der Waals surface area contributed by atoms with Crippen molar-refractivity contribution in [3.8, 4) is 0 Å². The molecule has 4 rings (SSSR count). The Labute approximate surface area is 189 Å². The van der Waals surface area contributed by atoms with Gasteiger partial charge < -0.3 is 15.5 Å². The van der Waals surface area contributed by atoms with E-state index in [1.807, 2.05) is 6.07 Å². The van der Waals surface area contributed by atoms with Crippen LogP contribution < -0.4 is 10.6 Å². The van der Waals surface area contributed by atoms with Crippen molar-refractivity contribution in [3.05, 3.63) is 34.7 Å². The van der Waals surface area contributed by atoms with Gasteiger partial charge in [-0.05, 0) is 93.4 Å². The quantitative estimate of drug-likeness (QED) is 0.633. The average molecular weight is 442 g/mol. The fourth-order valence-electron chi connectivity index (χ4n) is 5.22. The molecule has 0 atom stereocenters. The van der Waals surface area contributed by atoms with Crippen LogP contribution >= 0.6 is 11.3 Å². The Morgan fingerprint density at radius 1 is 1.10 bits per heavy atom. The summed E-state index contributed by atoms with van der Waals surface area (Å²) in [6, 6.07) is 8.38. The Bertz CT molecular complexity index is 895. The van der Waals surface area contributed by atoms with Crippen molar-refractivity contribution < 1.29 is 9.59 Å². The van der Waals surface area contributed by atoms with Gasteiger partial charge in [0.2, 0.25) is 5.91 Å². The van der Waals surface area contributed by atoms with E-state index in [4.69, 9.17) is 0 Å². The van der Waals surface area contributed by atoms with E-state index in [1.54, 1.807) is 18.4 Å². The molecule has 6 heteroatoms. The van der Waals surface area contributed by atoms with Crippen LogP contribution in [-0.2, 0) is 4.79 Å². The second kappa shape index (κ2) is 10.6. The molecule has 2 aromatic rings. The molecule has 1 saturated heterocycles. The predicted molar refractivity (Wildman–Crippen MR) is 128 cm³/mol. The topological polar surface area (TPSA) is 61.4 Å². The second-order valence-corrected chi connectivity index (χ2v) is 10.1. The molecule has 1 saturated carbocycles. The molecule has 1 aliphatic heterocycles. The zero-order valence-electron chi connectivity index (χ0n) is 18.6. The average Bonchev–Trinajstić information content (AvgIpc) is 3.45. The number of nitrogens with one attached hydrogen (secondary N) is 2. The summed E-state index contributed by atoms with van der Waals surface area (Å²) in [7, 11) is 1.71. The van der Waals surface area contributed by atoms with Crippen LogP contribution in [0.4, 0.5) is 0 Å². The molecule has 2 N–H and O–H groups in total. The van der Waals surface area contributed by atoms with Crippen molar-refractivity contribution in [2.75, 3.05) is 33.2 Å². The van der Waals surface area contributed by atoms with Crippen LogP contribution in [0.1, 0.15) is 72.5 Å². The lowest BCUT2D eigenvalue weighted by atomic mass is 9.77. The lowest BCUT2D eigenvalue weighted by Crippen LogP contribution is -2.32. The smallest absolute Gasteiger partial charge is 0.261 e. The molecule has 1 aromatic carbocycles. The molecule has 2 amide bonds. The highest BCUT2D eigenvalue weighted by Gasteiger charge is 2.29. The lowest BCUT2D eigenvalue weighted by Gasteiger charge is -2.29. The highest BCUT2D eigenvalue weighted by atomic mass is 32.1. The van der Waals surface area contributed by atoms with Crippen LogP contribution in [0, 0.1) is 5.92 Å². The first-order valence-electron chi connectivity index (χ1n) is 11.9. The van der Waals surface area contributed by atoms with Crippen molar-refractivity contribution in [3.63, 3.8) is 0 Å². The van der Waals surface area contributed by atoms with Crippen molar-refractivity contribution >= 4 is 33.2 Å². The van der Waals surface area contributed by atoms with E-state index in [9.17, 15) is 9.59 Å². The largest absolute Gasteiger partial charge is 0.356 e. The molecule has 1 aromatic heterocycles. The van der Waals surface area contributed by atoms with Crippen LogP contribution in [0.15, 0.2) is 24.3 Å². The van der Waals surface area contributed by atoms with Gasteiger partial charge >= 0.3 is 0 Å². The van der Waals surface area contributed by atoms with Gasteiger partial charge in [-0.1, -0.05) is 18.2 Å². The Kier molecular flexibility index (Phi) is 7.62. The first kappa shape index (κ1) is 22.3.